The fourth-order valence-electron chi connectivity index (χ4n) is 3.30. The maximum atomic E-state index is 12.4. The molecule has 2 aromatic rings. The number of likely N-dealkylation sites (tertiary alicyclic amines) is 1. The number of nitrogens with one attached hydrogen (secondary N) is 1. The quantitative estimate of drug-likeness (QED) is 0.628. The number of rotatable bonds is 6. The molecule has 0 spiro atoms. The van der Waals surface area contributed by atoms with E-state index in [4.69, 9.17) is 4.99 Å². The van der Waals surface area contributed by atoms with E-state index in [0.29, 0.717) is 18.2 Å². The molecule has 4 nitrogen and oxygen atoms in total. The van der Waals surface area contributed by atoms with Crippen LogP contribution < -0.4 is 5.32 Å². The minimum absolute atomic E-state index is 0.550. The van der Waals surface area contributed by atoms with Crippen LogP contribution in [0.25, 0.3) is 0 Å². The summed E-state index contributed by atoms with van der Waals surface area (Å²) in [7, 11) is -0.995. The van der Waals surface area contributed by atoms with Crippen molar-refractivity contribution >= 4 is 16.8 Å². The molecule has 1 aliphatic rings. The fourth-order valence-corrected chi connectivity index (χ4v) is 4.25. The van der Waals surface area contributed by atoms with Gasteiger partial charge in [0.2, 0.25) is 0 Å². The first kappa shape index (κ1) is 18.6. The van der Waals surface area contributed by atoms with Gasteiger partial charge in [-0.1, -0.05) is 48.5 Å². The monoisotopic (exact) mass is 369 g/mol. The molecular weight excluding hydrogens is 342 g/mol. The third kappa shape index (κ3) is 4.94. The lowest BCUT2D eigenvalue weighted by molar-refractivity contribution is 0.487. The number of benzene rings is 2. The van der Waals surface area contributed by atoms with Gasteiger partial charge in [-0.25, -0.2) is 0 Å². The second kappa shape index (κ2) is 9.53. The van der Waals surface area contributed by atoms with E-state index >= 15 is 0 Å². The highest BCUT2D eigenvalue weighted by molar-refractivity contribution is 7.85. The standard InChI is InChI=1S/C21H27N3OS/c1-2-22-21(23-14-16-26(25)20-11-7-4-8-12-20)24-15-13-19(17-24)18-9-5-3-6-10-18/h3-12,19H,2,13-17H2,1H3,(H,22,23). The van der Waals surface area contributed by atoms with Crippen molar-refractivity contribution in [3.63, 3.8) is 0 Å². The number of hydrogen-bond donors (Lipinski definition) is 1. The van der Waals surface area contributed by atoms with Gasteiger partial charge in [0.1, 0.15) is 0 Å². The van der Waals surface area contributed by atoms with Crippen LogP contribution in [0.4, 0.5) is 0 Å². The molecule has 0 bridgehead atoms. The van der Waals surface area contributed by atoms with Crippen LogP contribution in [-0.2, 0) is 10.8 Å². The van der Waals surface area contributed by atoms with Crippen molar-refractivity contribution in [3.8, 4) is 0 Å². The van der Waals surface area contributed by atoms with Gasteiger partial charge >= 0.3 is 0 Å². The highest BCUT2D eigenvalue weighted by Gasteiger charge is 2.25. The predicted molar refractivity (Wildman–Crippen MR) is 109 cm³/mol. The zero-order valence-corrected chi connectivity index (χ0v) is 16.1. The molecular formula is C21H27N3OS. The van der Waals surface area contributed by atoms with E-state index in [1.165, 1.54) is 5.56 Å². The Morgan fingerprint density at radius 1 is 1.15 bits per heavy atom. The van der Waals surface area contributed by atoms with Crippen LogP contribution in [-0.4, -0.2) is 47.0 Å². The van der Waals surface area contributed by atoms with Gasteiger partial charge in [-0.2, -0.15) is 0 Å². The van der Waals surface area contributed by atoms with Crippen LogP contribution >= 0.6 is 0 Å². The van der Waals surface area contributed by atoms with Crippen molar-refractivity contribution in [2.45, 2.75) is 24.2 Å². The number of nitrogens with zero attached hydrogens (tertiary/aromatic N) is 2. The van der Waals surface area contributed by atoms with Crippen molar-refractivity contribution in [2.75, 3.05) is 31.9 Å². The molecule has 0 aromatic heterocycles. The zero-order chi connectivity index (χ0) is 18.2. The Kier molecular flexibility index (Phi) is 6.83. The van der Waals surface area contributed by atoms with Crippen molar-refractivity contribution in [2.24, 2.45) is 4.99 Å². The molecule has 0 saturated carbocycles. The van der Waals surface area contributed by atoms with Gasteiger partial charge in [0, 0.05) is 36.2 Å². The molecule has 1 saturated heterocycles. The highest BCUT2D eigenvalue weighted by atomic mass is 32.2. The summed E-state index contributed by atoms with van der Waals surface area (Å²) in [6, 6.07) is 20.3. The highest BCUT2D eigenvalue weighted by Crippen LogP contribution is 2.26. The molecule has 2 atom stereocenters. The van der Waals surface area contributed by atoms with Crippen molar-refractivity contribution < 1.29 is 4.21 Å². The number of hydrogen-bond acceptors (Lipinski definition) is 2. The third-order valence-electron chi connectivity index (χ3n) is 4.64. The van der Waals surface area contributed by atoms with Crippen LogP contribution in [0.3, 0.4) is 0 Å². The van der Waals surface area contributed by atoms with E-state index in [2.05, 4.69) is 47.5 Å². The molecule has 2 aromatic carbocycles. The fraction of sp³-hybridized carbons (Fsp3) is 0.381. The van der Waals surface area contributed by atoms with E-state index in [1.807, 2.05) is 30.3 Å². The number of guanidine groups is 1. The van der Waals surface area contributed by atoms with E-state index in [0.717, 1.165) is 36.9 Å². The van der Waals surface area contributed by atoms with E-state index in [1.54, 1.807) is 0 Å². The average Bonchev–Trinajstić information content (AvgIpc) is 3.19. The first-order chi connectivity index (χ1) is 12.8. The molecule has 1 N–H and O–H groups in total. The Morgan fingerprint density at radius 3 is 2.54 bits per heavy atom. The summed E-state index contributed by atoms with van der Waals surface area (Å²) in [5.41, 5.74) is 1.40. The van der Waals surface area contributed by atoms with Crippen molar-refractivity contribution in [3.05, 3.63) is 66.2 Å². The molecule has 1 fully saturated rings. The minimum atomic E-state index is -0.995. The van der Waals surface area contributed by atoms with Gasteiger partial charge in [-0.15, -0.1) is 0 Å². The number of aliphatic imine (C=N–C) groups is 1. The van der Waals surface area contributed by atoms with E-state index < -0.39 is 10.8 Å². The maximum Gasteiger partial charge on any atom is 0.193 e. The molecule has 0 aliphatic carbocycles. The minimum Gasteiger partial charge on any atom is -0.357 e. The topological polar surface area (TPSA) is 44.7 Å². The van der Waals surface area contributed by atoms with E-state index in [9.17, 15) is 4.21 Å². The van der Waals surface area contributed by atoms with Crippen LogP contribution in [0.1, 0.15) is 24.8 Å². The maximum absolute atomic E-state index is 12.4. The lowest BCUT2D eigenvalue weighted by Gasteiger charge is -2.21. The first-order valence-corrected chi connectivity index (χ1v) is 10.6. The molecule has 138 valence electrons. The van der Waals surface area contributed by atoms with E-state index in [-0.39, 0.29) is 0 Å². The van der Waals surface area contributed by atoms with Gasteiger partial charge in [-0.05, 0) is 31.0 Å². The lowest BCUT2D eigenvalue weighted by atomic mass is 9.99. The van der Waals surface area contributed by atoms with Crippen LogP contribution in [0, 0.1) is 0 Å². The van der Waals surface area contributed by atoms with Crippen LogP contribution in [0.5, 0.6) is 0 Å². The van der Waals surface area contributed by atoms with Crippen LogP contribution in [0.2, 0.25) is 0 Å². The van der Waals surface area contributed by atoms with Crippen LogP contribution in [0.15, 0.2) is 70.6 Å². The SMILES string of the molecule is CCNC(=NCCS(=O)c1ccccc1)N1CCC(c2ccccc2)C1. The second-order valence-electron chi connectivity index (χ2n) is 6.44. The molecule has 2 unspecified atom stereocenters. The largest absolute Gasteiger partial charge is 0.357 e. The molecule has 3 rings (SSSR count). The first-order valence-electron chi connectivity index (χ1n) is 9.29. The zero-order valence-electron chi connectivity index (χ0n) is 15.3. The third-order valence-corrected chi connectivity index (χ3v) is 5.99. The molecule has 5 heteroatoms. The summed E-state index contributed by atoms with van der Waals surface area (Å²) in [5.74, 6) is 2.05. The normalized spacial score (nSPS) is 18.7. The molecule has 0 amide bonds. The Labute approximate surface area is 158 Å². The smallest absolute Gasteiger partial charge is 0.193 e. The summed E-state index contributed by atoms with van der Waals surface area (Å²) in [4.78, 5) is 7.93. The summed E-state index contributed by atoms with van der Waals surface area (Å²) < 4.78 is 12.4. The predicted octanol–water partition coefficient (Wildman–Crippen LogP) is 3.25. The average molecular weight is 370 g/mol. The van der Waals surface area contributed by atoms with Crippen molar-refractivity contribution in [1.82, 2.24) is 10.2 Å². The van der Waals surface area contributed by atoms with Gasteiger partial charge in [0.05, 0.1) is 17.3 Å². The summed E-state index contributed by atoms with van der Waals surface area (Å²) in [6.45, 7) is 5.48. The molecule has 26 heavy (non-hydrogen) atoms. The Bertz CT molecular complexity index is 733. The van der Waals surface area contributed by atoms with Gasteiger partial charge in [-0.3, -0.25) is 9.20 Å². The Hall–Kier alpha value is -2.14. The Morgan fingerprint density at radius 2 is 1.85 bits per heavy atom. The molecule has 1 heterocycles. The van der Waals surface area contributed by atoms with Crippen molar-refractivity contribution in [1.29, 1.82) is 0 Å². The molecule has 0 radical (unpaired) electrons. The van der Waals surface area contributed by atoms with Gasteiger partial charge < -0.3 is 10.2 Å². The molecule has 1 aliphatic heterocycles. The second-order valence-corrected chi connectivity index (χ2v) is 8.01. The van der Waals surface area contributed by atoms with Gasteiger partial charge in [0.15, 0.2) is 5.96 Å². The summed E-state index contributed by atoms with van der Waals surface area (Å²) >= 11 is 0. The summed E-state index contributed by atoms with van der Waals surface area (Å²) in [6.07, 6.45) is 1.14. The lowest BCUT2D eigenvalue weighted by Crippen LogP contribution is -2.40. The summed E-state index contributed by atoms with van der Waals surface area (Å²) in [5, 5.41) is 3.39. The Balaban J connectivity index is 1.58. The van der Waals surface area contributed by atoms with Gasteiger partial charge in [0.25, 0.3) is 0 Å².